The molecule has 1 heterocycles. The van der Waals surface area contributed by atoms with Crippen LogP contribution in [0.4, 0.5) is 0 Å². The molecule has 0 saturated carbocycles. The van der Waals surface area contributed by atoms with Crippen molar-refractivity contribution >= 4 is 5.97 Å². The highest BCUT2D eigenvalue weighted by molar-refractivity contribution is 5.77. The summed E-state index contributed by atoms with van der Waals surface area (Å²) in [6.45, 7) is 10.4. The van der Waals surface area contributed by atoms with Gasteiger partial charge in [0, 0.05) is 0 Å². The summed E-state index contributed by atoms with van der Waals surface area (Å²) in [5, 5.41) is 3.33. The molecule has 1 unspecified atom stereocenters. The zero-order chi connectivity index (χ0) is 13.6. The van der Waals surface area contributed by atoms with E-state index in [-0.39, 0.29) is 17.5 Å². The van der Waals surface area contributed by atoms with E-state index in [2.05, 4.69) is 26.1 Å². The fourth-order valence-corrected chi connectivity index (χ4v) is 2.96. The van der Waals surface area contributed by atoms with Crippen molar-refractivity contribution in [3.63, 3.8) is 0 Å². The van der Waals surface area contributed by atoms with Gasteiger partial charge in [-0.15, -0.1) is 0 Å². The van der Waals surface area contributed by atoms with Gasteiger partial charge in [-0.05, 0) is 51.6 Å². The summed E-state index contributed by atoms with van der Waals surface area (Å²) in [6, 6.07) is 0. The predicted octanol–water partition coefficient (Wildman–Crippen LogP) is 3.13. The number of esters is 1. The number of carbonyl (C=O) groups is 1. The van der Waals surface area contributed by atoms with Gasteiger partial charge in [-0.2, -0.15) is 0 Å². The lowest BCUT2D eigenvalue weighted by atomic mass is 9.75. The average Bonchev–Trinajstić information content (AvgIpc) is 2.29. The minimum atomic E-state index is -0.217. The molecule has 18 heavy (non-hydrogen) atoms. The first kappa shape index (κ1) is 15.5. The van der Waals surface area contributed by atoms with Gasteiger partial charge >= 0.3 is 5.97 Å². The molecule has 3 heteroatoms. The van der Waals surface area contributed by atoms with Gasteiger partial charge in [0.2, 0.25) is 0 Å². The van der Waals surface area contributed by atoms with E-state index in [1.165, 1.54) is 0 Å². The van der Waals surface area contributed by atoms with Crippen molar-refractivity contribution in [3.8, 4) is 0 Å². The molecule has 1 N–H and O–H groups in total. The summed E-state index contributed by atoms with van der Waals surface area (Å²) in [5.41, 5.74) is -0.217. The molecule has 0 aromatic carbocycles. The minimum absolute atomic E-state index is 0.0407. The topological polar surface area (TPSA) is 38.3 Å². The third kappa shape index (κ3) is 4.27. The van der Waals surface area contributed by atoms with E-state index in [9.17, 15) is 4.79 Å². The third-order valence-electron chi connectivity index (χ3n) is 3.83. The largest absolute Gasteiger partial charge is 0.462 e. The van der Waals surface area contributed by atoms with Crippen LogP contribution in [-0.2, 0) is 9.53 Å². The number of piperidine rings is 1. The maximum atomic E-state index is 12.5. The van der Waals surface area contributed by atoms with Crippen LogP contribution in [0.2, 0.25) is 0 Å². The molecule has 106 valence electrons. The van der Waals surface area contributed by atoms with Gasteiger partial charge < -0.3 is 10.1 Å². The average molecular weight is 255 g/mol. The number of ether oxygens (including phenoxy) is 1. The first-order valence-corrected chi connectivity index (χ1v) is 7.42. The Balaban J connectivity index is 2.59. The molecule has 1 fully saturated rings. The molecule has 0 spiro atoms. The van der Waals surface area contributed by atoms with Crippen LogP contribution in [-0.4, -0.2) is 25.2 Å². The lowest BCUT2D eigenvalue weighted by molar-refractivity contribution is -0.164. The highest BCUT2D eigenvalue weighted by Gasteiger charge is 2.40. The van der Waals surface area contributed by atoms with Crippen LogP contribution in [0.15, 0.2) is 0 Å². The third-order valence-corrected chi connectivity index (χ3v) is 3.83. The van der Waals surface area contributed by atoms with Gasteiger partial charge in [-0.25, -0.2) is 0 Å². The molecule has 1 atom stereocenters. The van der Waals surface area contributed by atoms with Crippen molar-refractivity contribution in [3.05, 3.63) is 0 Å². The molecule has 0 radical (unpaired) electrons. The van der Waals surface area contributed by atoms with Gasteiger partial charge in [0.15, 0.2) is 0 Å². The fourth-order valence-electron chi connectivity index (χ4n) is 2.96. The van der Waals surface area contributed by atoms with Crippen molar-refractivity contribution < 1.29 is 9.53 Å². The molecular formula is C15H29NO2. The molecule has 1 rings (SSSR count). The predicted molar refractivity (Wildman–Crippen MR) is 74.5 cm³/mol. The summed E-state index contributed by atoms with van der Waals surface area (Å²) in [4.78, 5) is 12.5. The van der Waals surface area contributed by atoms with Crippen molar-refractivity contribution in [2.75, 3.05) is 13.1 Å². The molecule has 1 aliphatic rings. The normalized spacial score (nSPS) is 20.7. The number of nitrogens with one attached hydrogen (secondary N) is 1. The molecule has 0 bridgehead atoms. The number of hydrogen-bond acceptors (Lipinski definition) is 3. The minimum Gasteiger partial charge on any atom is -0.462 e. The van der Waals surface area contributed by atoms with E-state index in [0.717, 1.165) is 45.2 Å². The summed E-state index contributed by atoms with van der Waals surface area (Å²) in [7, 11) is 0. The van der Waals surface area contributed by atoms with Crippen LogP contribution in [0.1, 0.15) is 59.8 Å². The zero-order valence-electron chi connectivity index (χ0n) is 12.4. The van der Waals surface area contributed by atoms with Crippen molar-refractivity contribution in [1.82, 2.24) is 5.32 Å². The smallest absolute Gasteiger partial charge is 0.312 e. The summed E-state index contributed by atoms with van der Waals surface area (Å²) in [6.07, 6.45) is 4.85. The van der Waals surface area contributed by atoms with Gasteiger partial charge in [0.05, 0.1) is 11.5 Å². The Kier molecular flexibility index (Phi) is 6.13. The van der Waals surface area contributed by atoms with Gasteiger partial charge in [-0.3, -0.25) is 4.79 Å². The Morgan fingerprint density at radius 2 is 1.89 bits per heavy atom. The molecule has 0 aromatic rings. The lowest BCUT2D eigenvalue weighted by Gasteiger charge is -2.36. The number of rotatable bonds is 6. The molecule has 1 saturated heterocycles. The Hall–Kier alpha value is -0.570. The molecule has 1 aliphatic heterocycles. The van der Waals surface area contributed by atoms with Crippen LogP contribution < -0.4 is 5.32 Å². The monoisotopic (exact) mass is 255 g/mol. The van der Waals surface area contributed by atoms with E-state index >= 15 is 0 Å². The number of hydrogen-bond donors (Lipinski definition) is 1. The maximum Gasteiger partial charge on any atom is 0.312 e. The van der Waals surface area contributed by atoms with Crippen molar-refractivity contribution in [2.45, 2.75) is 65.9 Å². The van der Waals surface area contributed by atoms with Gasteiger partial charge in [0.25, 0.3) is 0 Å². The van der Waals surface area contributed by atoms with Gasteiger partial charge in [-0.1, -0.05) is 27.2 Å². The van der Waals surface area contributed by atoms with Crippen LogP contribution in [0.5, 0.6) is 0 Å². The second kappa shape index (κ2) is 7.13. The van der Waals surface area contributed by atoms with E-state index < -0.39 is 0 Å². The maximum absolute atomic E-state index is 12.5. The molecule has 3 nitrogen and oxygen atoms in total. The Labute approximate surface area is 112 Å². The number of carbonyl (C=O) groups excluding carboxylic acids is 1. The highest BCUT2D eigenvalue weighted by Crippen LogP contribution is 2.36. The first-order valence-electron chi connectivity index (χ1n) is 7.42. The van der Waals surface area contributed by atoms with Crippen LogP contribution in [0, 0.1) is 11.3 Å². The highest BCUT2D eigenvalue weighted by atomic mass is 16.5. The van der Waals surface area contributed by atoms with E-state index in [1.54, 1.807) is 0 Å². The lowest BCUT2D eigenvalue weighted by Crippen LogP contribution is -2.44. The van der Waals surface area contributed by atoms with E-state index in [0.29, 0.717) is 5.92 Å². The molecule has 0 amide bonds. The summed E-state index contributed by atoms with van der Waals surface area (Å²) < 4.78 is 5.69. The Morgan fingerprint density at radius 3 is 2.39 bits per heavy atom. The van der Waals surface area contributed by atoms with Crippen molar-refractivity contribution in [2.24, 2.45) is 11.3 Å². The molecule has 0 aromatic heterocycles. The van der Waals surface area contributed by atoms with Crippen LogP contribution in [0.3, 0.4) is 0 Å². The second-order valence-corrected chi connectivity index (χ2v) is 6.13. The Bertz CT molecular complexity index is 252. The molecule has 0 aliphatic carbocycles. The standard InChI is InChI=1S/C15H29NO2/c1-5-6-15(7-9-16-10-8-15)14(17)18-13(4)11-12(2)3/h12-13,16H,5-11H2,1-4H3. The van der Waals surface area contributed by atoms with E-state index in [1.807, 2.05) is 6.92 Å². The van der Waals surface area contributed by atoms with Gasteiger partial charge in [0.1, 0.15) is 0 Å². The first-order chi connectivity index (χ1) is 8.50. The summed E-state index contributed by atoms with van der Waals surface area (Å²) in [5.74, 6) is 0.613. The quantitative estimate of drug-likeness (QED) is 0.741. The zero-order valence-corrected chi connectivity index (χ0v) is 12.4. The Morgan fingerprint density at radius 1 is 1.28 bits per heavy atom. The van der Waals surface area contributed by atoms with Crippen LogP contribution >= 0.6 is 0 Å². The molecular weight excluding hydrogens is 226 g/mol. The SMILES string of the molecule is CCCC1(C(=O)OC(C)CC(C)C)CCNCC1. The van der Waals surface area contributed by atoms with Crippen molar-refractivity contribution in [1.29, 1.82) is 0 Å². The second-order valence-electron chi connectivity index (χ2n) is 6.13. The summed E-state index contributed by atoms with van der Waals surface area (Å²) >= 11 is 0. The fraction of sp³-hybridized carbons (Fsp3) is 0.933. The van der Waals surface area contributed by atoms with Crippen LogP contribution in [0.25, 0.3) is 0 Å². The van der Waals surface area contributed by atoms with E-state index in [4.69, 9.17) is 4.74 Å².